The van der Waals surface area contributed by atoms with Crippen molar-refractivity contribution in [2.45, 2.75) is 77.0 Å². The van der Waals surface area contributed by atoms with Gasteiger partial charge in [0.15, 0.2) is 0 Å². The van der Waals surface area contributed by atoms with Crippen molar-refractivity contribution in [2.24, 2.45) is 0 Å². The number of rotatable bonds is 28. The second-order valence-corrected chi connectivity index (χ2v) is 18.8. The summed E-state index contributed by atoms with van der Waals surface area (Å²) in [6.07, 6.45) is 9.48. The van der Waals surface area contributed by atoms with Crippen molar-refractivity contribution in [1.82, 2.24) is 20.6 Å². The van der Waals surface area contributed by atoms with Crippen LogP contribution >= 0.6 is 48.0 Å². The van der Waals surface area contributed by atoms with Crippen LogP contribution in [0.2, 0.25) is 0 Å². The maximum absolute atomic E-state index is 12.5. The minimum absolute atomic E-state index is 0. The van der Waals surface area contributed by atoms with Crippen molar-refractivity contribution in [3.8, 4) is 22.5 Å². The van der Waals surface area contributed by atoms with Gasteiger partial charge in [0.25, 0.3) is 0 Å². The molecule has 0 atom stereocenters. The molecule has 6 aromatic carbocycles. The smallest absolute Gasteiger partial charge is 0.219 e. The van der Waals surface area contributed by atoms with Crippen LogP contribution in [0, 0.1) is 0 Å². The predicted molar refractivity (Wildman–Crippen MR) is 330 cm³/mol. The molecule has 0 bridgehead atoms. The molecule has 2 amide bonds. The standard InChI is InChI=1S/C60H70N8O5.2HI/c61-45-23-25-49-51(37-45)59(41-15-5-1-6-16-41)67-53-39-47(63)35-43(57(49)53)19-9-3-11-21-55(69)65-27-13-29-71-31-33-73-34-32-72-30-14-28-66-56(70)22-12-4-10-20-44-36-48(64)40-54-58(44)50-26-24-46(62)38-52(50)60(68-54)42-17-7-2-8-18-42;;/h1-2,5-8,15-18,23-26,35-40H,3-4,9-14,19-22,27-34,61-64H2,(H,65,69)(H,66,70);2*1H. The van der Waals surface area contributed by atoms with Gasteiger partial charge in [0.05, 0.1) is 48.8 Å². The van der Waals surface area contributed by atoms with E-state index in [1.807, 2.05) is 72.8 Å². The number of aryl methyl sites for hydroxylation is 2. The number of anilines is 4. The number of hydrogen-bond donors (Lipinski definition) is 6. The number of hydrogen-bond acceptors (Lipinski definition) is 11. The topological polar surface area (TPSA) is 216 Å². The Morgan fingerprint density at radius 2 is 0.813 bits per heavy atom. The van der Waals surface area contributed by atoms with Gasteiger partial charge in [0.2, 0.25) is 11.8 Å². The molecular formula is C60H72I2N8O5. The Morgan fingerprint density at radius 1 is 0.413 bits per heavy atom. The Balaban J connectivity index is 0.00000457. The molecule has 13 nitrogen and oxygen atoms in total. The minimum atomic E-state index is 0. The highest BCUT2D eigenvalue weighted by molar-refractivity contribution is 14.0. The maximum Gasteiger partial charge on any atom is 0.219 e. The fourth-order valence-corrected chi connectivity index (χ4v) is 9.64. The lowest BCUT2D eigenvalue weighted by Gasteiger charge is -2.15. The quantitative estimate of drug-likeness (QED) is 0.0117. The van der Waals surface area contributed by atoms with E-state index < -0.39 is 0 Å². The summed E-state index contributed by atoms with van der Waals surface area (Å²) in [5, 5.41) is 12.5. The molecule has 8 aromatic rings. The number of fused-ring (bicyclic) bond motifs is 6. The lowest BCUT2D eigenvalue weighted by Crippen LogP contribution is -2.25. The number of carbonyl (C=O) groups is 2. The van der Waals surface area contributed by atoms with E-state index in [2.05, 4.69) is 59.2 Å². The van der Waals surface area contributed by atoms with Crippen molar-refractivity contribution in [2.75, 3.05) is 75.7 Å². The number of pyridine rings is 2. The highest BCUT2D eigenvalue weighted by Gasteiger charge is 2.17. The number of halogens is 2. The molecule has 0 radical (unpaired) electrons. The van der Waals surface area contributed by atoms with Crippen LogP contribution in [-0.2, 0) is 36.6 Å². The van der Waals surface area contributed by atoms with E-state index in [4.69, 9.17) is 47.1 Å². The Bertz CT molecular complexity index is 2920. The number of aromatic nitrogens is 2. The molecule has 0 saturated heterocycles. The van der Waals surface area contributed by atoms with Crippen molar-refractivity contribution in [3.05, 3.63) is 132 Å². The second kappa shape index (κ2) is 30.0. The number of carbonyl (C=O) groups excluding carboxylic acids is 2. The number of nitrogens with zero attached hydrogens (tertiary/aromatic N) is 2. The highest BCUT2D eigenvalue weighted by Crippen LogP contribution is 2.38. The SMILES string of the molecule is I.I.Nc1cc(CCCCCC(=O)NCCCOCCOCCOCCCNC(=O)CCCCCc2cc(N)cc3nc(-c4ccccc4)c4cc(N)ccc4c23)c2c(c1)nc(-c1ccccc1)c1cc(N)ccc12. The molecule has 0 aliphatic heterocycles. The van der Waals surface area contributed by atoms with Gasteiger partial charge in [-0.25, -0.2) is 9.97 Å². The van der Waals surface area contributed by atoms with Gasteiger partial charge in [0, 0.05) is 94.6 Å². The average molecular weight is 1240 g/mol. The van der Waals surface area contributed by atoms with Gasteiger partial charge in [-0.1, -0.05) is 85.6 Å². The maximum atomic E-state index is 12.5. The first-order chi connectivity index (χ1) is 35.7. The van der Waals surface area contributed by atoms with E-state index >= 15 is 0 Å². The molecule has 396 valence electrons. The Kier molecular flexibility index (Phi) is 23.4. The molecular weight excluding hydrogens is 1170 g/mol. The molecule has 2 aromatic heterocycles. The number of nitrogens with one attached hydrogen (secondary N) is 2. The van der Waals surface area contributed by atoms with E-state index in [0.717, 1.165) is 141 Å². The van der Waals surface area contributed by atoms with Crippen molar-refractivity contribution < 1.29 is 23.8 Å². The number of benzene rings is 6. The Labute approximate surface area is 474 Å². The summed E-state index contributed by atoms with van der Waals surface area (Å²) in [7, 11) is 0. The summed E-state index contributed by atoms with van der Waals surface area (Å²) in [6.45, 7) is 4.16. The van der Waals surface area contributed by atoms with Gasteiger partial charge in [-0.05, 0) is 122 Å². The Morgan fingerprint density at radius 3 is 1.23 bits per heavy atom. The van der Waals surface area contributed by atoms with Crippen molar-refractivity contribution >= 4 is 126 Å². The van der Waals surface area contributed by atoms with Crippen molar-refractivity contribution in [3.63, 3.8) is 0 Å². The summed E-state index contributed by atoms with van der Waals surface area (Å²) in [6, 6.07) is 40.4. The molecule has 0 aliphatic rings. The Hall–Kier alpha value is -5.86. The van der Waals surface area contributed by atoms with E-state index in [1.165, 1.54) is 0 Å². The largest absolute Gasteiger partial charge is 0.399 e. The summed E-state index contributed by atoms with van der Waals surface area (Å²) in [5.41, 5.74) is 36.0. The van der Waals surface area contributed by atoms with Crippen molar-refractivity contribution in [1.29, 1.82) is 0 Å². The first kappa shape index (κ1) is 58.4. The minimum Gasteiger partial charge on any atom is -0.399 e. The lowest BCUT2D eigenvalue weighted by molar-refractivity contribution is -0.122. The number of ether oxygens (including phenoxy) is 3. The zero-order valence-corrected chi connectivity index (χ0v) is 47.4. The van der Waals surface area contributed by atoms with Crippen LogP contribution < -0.4 is 33.6 Å². The molecule has 10 N–H and O–H groups in total. The predicted octanol–water partition coefficient (Wildman–Crippen LogP) is 12.0. The van der Waals surface area contributed by atoms with E-state index in [0.29, 0.717) is 88.3 Å². The third kappa shape index (κ3) is 16.6. The van der Waals surface area contributed by atoms with Gasteiger partial charge < -0.3 is 47.8 Å². The summed E-state index contributed by atoms with van der Waals surface area (Å²) < 4.78 is 17.0. The molecule has 0 spiro atoms. The normalized spacial score (nSPS) is 11.2. The van der Waals surface area contributed by atoms with Gasteiger partial charge in [-0.3, -0.25) is 9.59 Å². The molecule has 0 aliphatic carbocycles. The summed E-state index contributed by atoms with van der Waals surface area (Å²) in [5.74, 6) is 0.122. The molecule has 2 heterocycles. The van der Waals surface area contributed by atoms with Crippen LogP contribution in [0.15, 0.2) is 121 Å². The highest BCUT2D eigenvalue weighted by atomic mass is 127. The first-order valence-corrected chi connectivity index (χ1v) is 25.9. The molecule has 0 fully saturated rings. The molecule has 75 heavy (non-hydrogen) atoms. The zero-order valence-electron chi connectivity index (χ0n) is 42.8. The molecule has 15 heteroatoms. The lowest BCUT2D eigenvalue weighted by atomic mass is 9.94. The van der Waals surface area contributed by atoms with E-state index in [9.17, 15) is 9.59 Å². The zero-order chi connectivity index (χ0) is 50.8. The first-order valence-electron chi connectivity index (χ1n) is 25.9. The van der Waals surface area contributed by atoms with Gasteiger partial charge in [-0.2, -0.15) is 0 Å². The summed E-state index contributed by atoms with van der Waals surface area (Å²) in [4.78, 5) is 35.2. The fourth-order valence-electron chi connectivity index (χ4n) is 9.64. The van der Waals surface area contributed by atoms with Crippen LogP contribution in [0.1, 0.15) is 75.3 Å². The summed E-state index contributed by atoms with van der Waals surface area (Å²) >= 11 is 0. The van der Waals surface area contributed by atoms with Gasteiger partial charge >= 0.3 is 0 Å². The molecule has 0 unspecified atom stereocenters. The van der Waals surface area contributed by atoms with Gasteiger partial charge in [-0.15, -0.1) is 48.0 Å². The monoisotopic (exact) mass is 1240 g/mol. The van der Waals surface area contributed by atoms with Gasteiger partial charge in [0.1, 0.15) is 0 Å². The van der Waals surface area contributed by atoms with Crippen LogP contribution in [-0.4, -0.2) is 74.5 Å². The third-order valence-corrected chi connectivity index (χ3v) is 13.2. The fraction of sp³-hybridized carbons (Fsp3) is 0.333. The number of unbranched alkanes of at least 4 members (excludes halogenated alkanes) is 4. The van der Waals surface area contributed by atoms with Crippen LogP contribution in [0.25, 0.3) is 65.9 Å². The third-order valence-electron chi connectivity index (χ3n) is 13.2. The van der Waals surface area contributed by atoms with Crippen LogP contribution in [0.4, 0.5) is 22.7 Å². The average Bonchev–Trinajstić information content (AvgIpc) is 3.40. The van der Waals surface area contributed by atoms with Crippen LogP contribution in [0.5, 0.6) is 0 Å². The van der Waals surface area contributed by atoms with E-state index in [-0.39, 0.29) is 59.8 Å². The number of nitrogen functional groups attached to an aromatic ring is 4. The van der Waals surface area contributed by atoms with E-state index in [1.54, 1.807) is 0 Å². The molecule has 0 saturated carbocycles. The van der Waals surface area contributed by atoms with Crippen LogP contribution in [0.3, 0.4) is 0 Å². The number of nitrogens with two attached hydrogens (primary N) is 4. The molecule has 8 rings (SSSR count). The number of amides is 2. The second-order valence-electron chi connectivity index (χ2n) is 18.8.